The molecule has 0 bridgehead atoms. The number of carboxylic acid groups (broad SMARTS) is 1. The van der Waals surface area contributed by atoms with Crippen molar-refractivity contribution in [3.05, 3.63) is 18.0 Å². The first-order valence-electron chi connectivity index (χ1n) is 6.63. The third-order valence-corrected chi connectivity index (χ3v) is 3.28. The zero-order chi connectivity index (χ0) is 14.7. The largest absolute Gasteiger partial charge is 0.481 e. The van der Waals surface area contributed by atoms with Crippen LogP contribution in [0.2, 0.25) is 0 Å². The van der Waals surface area contributed by atoms with Gasteiger partial charge in [-0.25, -0.2) is 0 Å². The molecule has 0 unspecified atom stereocenters. The molecular weight excluding hydrogens is 262 g/mol. The third-order valence-electron chi connectivity index (χ3n) is 3.28. The molecular formula is C13H19N3O4. The number of aliphatic carboxylic acids is 1. The van der Waals surface area contributed by atoms with Crippen molar-refractivity contribution < 1.29 is 19.4 Å². The first kappa shape index (κ1) is 14.5. The topological polar surface area (TPSA) is 84.7 Å². The summed E-state index contributed by atoms with van der Waals surface area (Å²) in [6, 6.07) is -0.243. The molecule has 1 N–H and O–H groups in total. The van der Waals surface area contributed by atoms with Crippen molar-refractivity contribution in [2.45, 2.75) is 32.4 Å². The minimum Gasteiger partial charge on any atom is -0.481 e. The summed E-state index contributed by atoms with van der Waals surface area (Å²) in [7, 11) is 0. The number of carbonyl (C=O) groups excluding carboxylic acids is 1. The van der Waals surface area contributed by atoms with Crippen LogP contribution >= 0.6 is 0 Å². The van der Waals surface area contributed by atoms with Crippen LogP contribution in [0.4, 0.5) is 0 Å². The number of morpholine rings is 1. The number of hydrogen-bond acceptors (Lipinski definition) is 4. The van der Waals surface area contributed by atoms with E-state index in [1.165, 1.54) is 6.20 Å². The Bertz CT molecular complexity index is 498. The molecule has 2 heterocycles. The molecule has 0 saturated carbocycles. The average molecular weight is 281 g/mol. The fourth-order valence-electron chi connectivity index (χ4n) is 2.19. The minimum atomic E-state index is -0.934. The Hall–Kier alpha value is -1.89. The highest BCUT2D eigenvalue weighted by Gasteiger charge is 2.30. The van der Waals surface area contributed by atoms with E-state index < -0.39 is 12.0 Å². The predicted octanol–water partition coefficient (Wildman–Crippen LogP) is 0.780. The standard InChI is InChI=1S/C13H19N3O4/c1-9(2)16-7-10(6-14-16)13(19)15-3-4-20-8-11(15)5-12(17)18/h6-7,9,11H,3-5,8H2,1-2H3,(H,17,18)/t11-/m1/s1. The van der Waals surface area contributed by atoms with Gasteiger partial charge in [-0.15, -0.1) is 0 Å². The normalized spacial score (nSPS) is 19.4. The summed E-state index contributed by atoms with van der Waals surface area (Å²) < 4.78 is 6.97. The van der Waals surface area contributed by atoms with Crippen molar-refractivity contribution in [3.8, 4) is 0 Å². The van der Waals surface area contributed by atoms with E-state index in [1.807, 2.05) is 13.8 Å². The maximum absolute atomic E-state index is 12.5. The lowest BCUT2D eigenvalue weighted by Gasteiger charge is -2.34. The summed E-state index contributed by atoms with van der Waals surface area (Å²) in [4.78, 5) is 24.9. The Morgan fingerprint density at radius 3 is 2.90 bits per heavy atom. The summed E-state index contributed by atoms with van der Waals surface area (Å²) >= 11 is 0. The van der Waals surface area contributed by atoms with Crippen molar-refractivity contribution in [2.24, 2.45) is 0 Å². The van der Waals surface area contributed by atoms with E-state index in [0.29, 0.717) is 18.7 Å². The quantitative estimate of drug-likeness (QED) is 0.881. The third kappa shape index (κ3) is 3.16. The zero-order valence-electron chi connectivity index (χ0n) is 11.7. The number of carboxylic acids is 1. The Kier molecular flexibility index (Phi) is 4.39. The number of hydrogen-bond donors (Lipinski definition) is 1. The average Bonchev–Trinajstić information content (AvgIpc) is 2.87. The van der Waals surface area contributed by atoms with E-state index in [4.69, 9.17) is 9.84 Å². The number of amides is 1. The molecule has 1 aromatic heterocycles. The van der Waals surface area contributed by atoms with Crippen molar-refractivity contribution in [1.29, 1.82) is 0 Å². The SMILES string of the molecule is CC(C)n1cc(C(=O)N2CCOC[C@H]2CC(=O)O)cn1. The van der Waals surface area contributed by atoms with Crippen LogP contribution in [-0.2, 0) is 9.53 Å². The van der Waals surface area contributed by atoms with E-state index in [0.717, 1.165) is 0 Å². The van der Waals surface area contributed by atoms with Gasteiger partial charge in [0, 0.05) is 18.8 Å². The van der Waals surface area contributed by atoms with Gasteiger partial charge in [0.2, 0.25) is 0 Å². The van der Waals surface area contributed by atoms with Gasteiger partial charge in [0.1, 0.15) is 0 Å². The lowest BCUT2D eigenvalue weighted by atomic mass is 10.1. The first-order chi connectivity index (χ1) is 9.49. The van der Waals surface area contributed by atoms with Gasteiger partial charge in [-0.3, -0.25) is 14.3 Å². The molecule has 110 valence electrons. The van der Waals surface area contributed by atoms with E-state index >= 15 is 0 Å². The summed E-state index contributed by atoms with van der Waals surface area (Å²) in [5, 5.41) is 13.0. The molecule has 0 aromatic carbocycles. The summed E-state index contributed by atoms with van der Waals surface area (Å²) in [5.74, 6) is -1.12. The minimum absolute atomic E-state index is 0.107. The Balaban J connectivity index is 2.13. The maximum Gasteiger partial charge on any atom is 0.305 e. The molecule has 20 heavy (non-hydrogen) atoms. The van der Waals surface area contributed by atoms with Gasteiger partial charge >= 0.3 is 5.97 Å². The molecule has 1 atom stereocenters. The Morgan fingerprint density at radius 2 is 2.30 bits per heavy atom. The molecule has 2 rings (SSSR count). The number of rotatable bonds is 4. The summed E-state index contributed by atoms with van der Waals surface area (Å²) in [6.45, 7) is 5.05. The number of aromatic nitrogens is 2. The fraction of sp³-hybridized carbons (Fsp3) is 0.615. The Labute approximate surface area is 117 Å². The molecule has 1 aliphatic heterocycles. The second-order valence-electron chi connectivity index (χ2n) is 5.13. The van der Waals surface area contributed by atoms with Gasteiger partial charge < -0.3 is 14.7 Å². The van der Waals surface area contributed by atoms with Crippen molar-refractivity contribution in [1.82, 2.24) is 14.7 Å². The molecule has 0 radical (unpaired) electrons. The van der Waals surface area contributed by atoms with E-state index in [2.05, 4.69) is 5.10 Å². The highest BCUT2D eigenvalue weighted by molar-refractivity contribution is 5.94. The maximum atomic E-state index is 12.5. The highest BCUT2D eigenvalue weighted by Crippen LogP contribution is 2.16. The smallest absolute Gasteiger partial charge is 0.305 e. The van der Waals surface area contributed by atoms with Gasteiger partial charge in [0.25, 0.3) is 5.91 Å². The van der Waals surface area contributed by atoms with Crippen LogP contribution in [0.5, 0.6) is 0 Å². The van der Waals surface area contributed by atoms with Gasteiger partial charge in [0.15, 0.2) is 0 Å². The number of nitrogens with zero attached hydrogens (tertiary/aromatic N) is 3. The highest BCUT2D eigenvalue weighted by atomic mass is 16.5. The molecule has 1 aliphatic rings. The van der Waals surface area contributed by atoms with Gasteiger partial charge in [-0.1, -0.05) is 0 Å². The van der Waals surface area contributed by atoms with Crippen LogP contribution in [0.3, 0.4) is 0 Å². The molecule has 0 aliphatic carbocycles. The zero-order valence-corrected chi connectivity index (χ0v) is 11.7. The molecule has 1 amide bonds. The van der Waals surface area contributed by atoms with Crippen LogP contribution in [0.15, 0.2) is 12.4 Å². The van der Waals surface area contributed by atoms with Crippen LogP contribution in [0.25, 0.3) is 0 Å². The molecule has 1 aromatic rings. The van der Waals surface area contributed by atoms with Crippen molar-refractivity contribution in [2.75, 3.05) is 19.8 Å². The molecule has 0 spiro atoms. The van der Waals surface area contributed by atoms with Crippen LogP contribution in [0.1, 0.15) is 36.7 Å². The van der Waals surface area contributed by atoms with Crippen LogP contribution < -0.4 is 0 Å². The van der Waals surface area contributed by atoms with Crippen molar-refractivity contribution >= 4 is 11.9 Å². The van der Waals surface area contributed by atoms with Crippen molar-refractivity contribution in [3.63, 3.8) is 0 Å². The van der Waals surface area contributed by atoms with Crippen LogP contribution in [-0.4, -0.2) is 57.5 Å². The molecule has 7 nitrogen and oxygen atoms in total. The molecule has 7 heteroatoms. The number of ether oxygens (including phenoxy) is 1. The van der Waals surface area contributed by atoms with E-state index in [1.54, 1.807) is 15.8 Å². The first-order valence-corrected chi connectivity index (χ1v) is 6.63. The summed E-state index contributed by atoms with van der Waals surface area (Å²) in [6.07, 6.45) is 3.11. The summed E-state index contributed by atoms with van der Waals surface area (Å²) in [5.41, 5.74) is 0.482. The van der Waals surface area contributed by atoms with Gasteiger partial charge in [-0.2, -0.15) is 5.10 Å². The van der Waals surface area contributed by atoms with Gasteiger partial charge in [0.05, 0.1) is 37.4 Å². The molecule has 1 saturated heterocycles. The van der Waals surface area contributed by atoms with Gasteiger partial charge in [-0.05, 0) is 13.8 Å². The second-order valence-corrected chi connectivity index (χ2v) is 5.13. The lowest BCUT2D eigenvalue weighted by Crippen LogP contribution is -2.49. The lowest BCUT2D eigenvalue weighted by molar-refractivity contribution is -0.139. The Morgan fingerprint density at radius 1 is 1.55 bits per heavy atom. The number of carbonyl (C=O) groups is 2. The fourth-order valence-corrected chi connectivity index (χ4v) is 2.19. The van der Waals surface area contributed by atoms with E-state index in [-0.39, 0.29) is 25.0 Å². The monoisotopic (exact) mass is 281 g/mol. The second kappa shape index (κ2) is 6.04. The van der Waals surface area contributed by atoms with E-state index in [9.17, 15) is 9.59 Å². The molecule has 1 fully saturated rings. The predicted molar refractivity (Wildman–Crippen MR) is 70.5 cm³/mol. The van der Waals surface area contributed by atoms with Crippen LogP contribution in [0, 0.1) is 0 Å².